The van der Waals surface area contributed by atoms with E-state index in [1.807, 2.05) is 6.07 Å². The Kier molecular flexibility index (Phi) is 3.52. The number of pyridine rings is 1. The van der Waals surface area contributed by atoms with Gasteiger partial charge in [-0.25, -0.2) is 4.98 Å². The summed E-state index contributed by atoms with van der Waals surface area (Å²) in [6, 6.07) is 8.44. The second-order valence-corrected chi connectivity index (χ2v) is 5.84. The van der Waals surface area contributed by atoms with Crippen molar-refractivity contribution in [3.8, 4) is 6.07 Å². The molecule has 0 spiro atoms. The summed E-state index contributed by atoms with van der Waals surface area (Å²) in [5.74, 6) is 0.840. The number of nitriles is 1. The molecule has 0 unspecified atom stereocenters. The number of aromatic nitrogens is 1. The van der Waals surface area contributed by atoms with Crippen molar-refractivity contribution in [2.45, 2.75) is 13.8 Å². The Morgan fingerprint density at radius 2 is 1.86 bits per heavy atom. The summed E-state index contributed by atoms with van der Waals surface area (Å²) in [6.45, 7) is 8.08. The third kappa shape index (κ3) is 2.45. The SMILES string of the molecule is Cc1ccc2cc(C#N)c(N3CCN(C)CC3)nc2c1C. The Hall–Kier alpha value is -2.12. The van der Waals surface area contributed by atoms with Crippen molar-refractivity contribution in [1.82, 2.24) is 9.88 Å². The second-order valence-electron chi connectivity index (χ2n) is 5.84. The molecule has 0 atom stereocenters. The van der Waals surface area contributed by atoms with E-state index in [0.717, 1.165) is 42.9 Å². The zero-order valence-corrected chi connectivity index (χ0v) is 12.8. The highest BCUT2D eigenvalue weighted by atomic mass is 15.3. The molecule has 1 aromatic carbocycles. The van der Waals surface area contributed by atoms with E-state index in [9.17, 15) is 5.26 Å². The molecule has 108 valence electrons. The van der Waals surface area contributed by atoms with Gasteiger partial charge in [0.05, 0.1) is 11.1 Å². The van der Waals surface area contributed by atoms with Gasteiger partial charge < -0.3 is 9.80 Å². The molecule has 1 fully saturated rings. The van der Waals surface area contributed by atoms with Crippen molar-refractivity contribution in [3.63, 3.8) is 0 Å². The largest absolute Gasteiger partial charge is 0.353 e. The molecule has 0 saturated carbocycles. The third-order valence-corrected chi connectivity index (χ3v) is 4.41. The Bertz CT molecular complexity index is 722. The van der Waals surface area contributed by atoms with Gasteiger partial charge in [0.25, 0.3) is 0 Å². The van der Waals surface area contributed by atoms with Crippen molar-refractivity contribution in [2.24, 2.45) is 0 Å². The molecule has 4 heteroatoms. The minimum atomic E-state index is 0.676. The molecule has 1 aromatic heterocycles. The third-order valence-electron chi connectivity index (χ3n) is 4.41. The Morgan fingerprint density at radius 1 is 1.14 bits per heavy atom. The maximum absolute atomic E-state index is 9.46. The molecule has 0 bridgehead atoms. The summed E-state index contributed by atoms with van der Waals surface area (Å²) in [5, 5.41) is 10.5. The summed E-state index contributed by atoms with van der Waals surface area (Å²) in [4.78, 5) is 9.38. The molecule has 0 aliphatic carbocycles. The number of hydrogen-bond acceptors (Lipinski definition) is 4. The van der Waals surface area contributed by atoms with Crippen LogP contribution in [0.5, 0.6) is 0 Å². The van der Waals surface area contributed by atoms with E-state index >= 15 is 0 Å². The summed E-state index contributed by atoms with van der Waals surface area (Å²) < 4.78 is 0. The lowest BCUT2D eigenvalue weighted by Crippen LogP contribution is -2.45. The molecular weight excluding hydrogens is 260 g/mol. The van der Waals surface area contributed by atoms with Crippen LogP contribution in [0.2, 0.25) is 0 Å². The van der Waals surface area contributed by atoms with Gasteiger partial charge in [0.1, 0.15) is 11.9 Å². The highest BCUT2D eigenvalue weighted by molar-refractivity contribution is 5.86. The molecule has 4 nitrogen and oxygen atoms in total. The number of anilines is 1. The highest BCUT2D eigenvalue weighted by Gasteiger charge is 2.19. The maximum Gasteiger partial charge on any atom is 0.147 e. The van der Waals surface area contributed by atoms with Crippen LogP contribution in [-0.4, -0.2) is 43.1 Å². The van der Waals surface area contributed by atoms with Gasteiger partial charge >= 0.3 is 0 Å². The summed E-state index contributed by atoms with van der Waals surface area (Å²) >= 11 is 0. The van der Waals surface area contributed by atoms with E-state index in [1.165, 1.54) is 11.1 Å². The zero-order chi connectivity index (χ0) is 15.0. The molecule has 0 radical (unpaired) electrons. The number of piperazine rings is 1. The van der Waals surface area contributed by atoms with Gasteiger partial charge in [-0.15, -0.1) is 0 Å². The fourth-order valence-corrected chi connectivity index (χ4v) is 2.81. The normalized spacial score (nSPS) is 16.2. The van der Waals surface area contributed by atoms with Crippen LogP contribution in [0.3, 0.4) is 0 Å². The molecule has 0 N–H and O–H groups in total. The molecule has 1 aliphatic heterocycles. The van der Waals surface area contributed by atoms with E-state index in [4.69, 9.17) is 4.98 Å². The summed E-state index contributed by atoms with van der Waals surface area (Å²) in [5.41, 5.74) is 4.13. The first-order chi connectivity index (χ1) is 10.1. The lowest BCUT2D eigenvalue weighted by Gasteiger charge is -2.33. The fourth-order valence-electron chi connectivity index (χ4n) is 2.81. The van der Waals surface area contributed by atoms with E-state index in [2.05, 4.69) is 48.9 Å². The van der Waals surface area contributed by atoms with Crippen molar-refractivity contribution in [3.05, 3.63) is 34.9 Å². The molecule has 2 heterocycles. The number of fused-ring (bicyclic) bond motifs is 1. The van der Waals surface area contributed by atoms with Crippen molar-refractivity contribution in [2.75, 3.05) is 38.1 Å². The molecule has 3 rings (SSSR count). The van der Waals surface area contributed by atoms with Crippen LogP contribution in [0.25, 0.3) is 10.9 Å². The van der Waals surface area contributed by atoms with Crippen LogP contribution in [0.1, 0.15) is 16.7 Å². The molecule has 1 aliphatic rings. The number of rotatable bonds is 1. The summed E-state index contributed by atoms with van der Waals surface area (Å²) in [6.07, 6.45) is 0. The highest BCUT2D eigenvalue weighted by Crippen LogP contribution is 2.27. The molecule has 0 amide bonds. The minimum Gasteiger partial charge on any atom is -0.353 e. The van der Waals surface area contributed by atoms with Crippen molar-refractivity contribution in [1.29, 1.82) is 5.26 Å². The summed E-state index contributed by atoms with van der Waals surface area (Å²) in [7, 11) is 2.13. The lowest BCUT2D eigenvalue weighted by molar-refractivity contribution is 0.312. The Labute approximate surface area is 125 Å². The molecule has 21 heavy (non-hydrogen) atoms. The van der Waals surface area contributed by atoms with Crippen LogP contribution in [0.15, 0.2) is 18.2 Å². The van der Waals surface area contributed by atoms with Crippen molar-refractivity contribution >= 4 is 16.7 Å². The van der Waals surface area contributed by atoms with Gasteiger partial charge in [-0.3, -0.25) is 0 Å². The van der Waals surface area contributed by atoms with Gasteiger partial charge in [0.15, 0.2) is 0 Å². The molecular formula is C17H20N4. The minimum absolute atomic E-state index is 0.676. The van der Waals surface area contributed by atoms with E-state index in [-0.39, 0.29) is 0 Å². The fraction of sp³-hybridized carbons (Fsp3) is 0.412. The predicted octanol–water partition coefficient (Wildman–Crippen LogP) is 2.48. The smallest absolute Gasteiger partial charge is 0.147 e. The lowest BCUT2D eigenvalue weighted by atomic mass is 10.0. The Balaban J connectivity index is 2.13. The average molecular weight is 280 g/mol. The van der Waals surface area contributed by atoms with Crippen LogP contribution < -0.4 is 4.90 Å². The van der Waals surface area contributed by atoms with Gasteiger partial charge in [-0.2, -0.15) is 5.26 Å². The van der Waals surface area contributed by atoms with Crippen LogP contribution in [-0.2, 0) is 0 Å². The molecule has 2 aromatic rings. The van der Waals surface area contributed by atoms with Gasteiger partial charge in [-0.05, 0) is 38.1 Å². The Morgan fingerprint density at radius 3 is 2.52 bits per heavy atom. The number of hydrogen-bond donors (Lipinski definition) is 0. The van der Waals surface area contributed by atoms with Gasteiger partial charge in [-0.1, -0.05) is 12.1 Å². The zero-order valence-electron chi connectivity index (χ0n) is 12.8. The topological polar surface area (TPSA) is 43.2 Å². The number of benzene rings is 1. The second kappa shape index (κ2) is 5.34. The van der Waals surface area contributed by atoms with Crippen LogP contribution in [0.4, 0.5) is 5.82 Å². The van der Waals surface area contributed by atoms with Crippen LogP contribution in [0, 0.1) is 25.2 Å². The first-order valence-corrected chi connectivity index (χ1v) is 7.34. The number of aryl methyl sites for hydroxylation is 2. The van der Waals surface area contributed by atoms with Gasteiger partial charge in [0, 0.05) is 31.6 Å². The quantitative estimate of drug-likeness (QED) is 0.805. The van der Waals surface area contributed by atoms with E-state index in [0.29, 0.717) is 5.56 Å². The number of nitrogens with zero attached hydrogens (tertiary/aromatic N) is 4. The number of likely N-dealkylation sites (N-methyl/N-ethyl adjacent to an activating group) is 1. The average Bonchev–Trinajstić information content (AvgIpc) is 2.51. The van der Waals surface area contributed by atoms with Crippen LogP contribution >= 0.6 is 0 Å². The first kappa shape index (κ1) is 13.8. The van der Waals surface area contributed by atoms with E-state index in [1.54, 1.807) is 0 Å². The first-order valence-electron chi connectivity index (χ1n) is 7.34. The standard InChI is InChI=1S/C17H20N4/c1-12-4-5-14-10-15(11-18)17(19-16(14)13(12)2)21-8-6-20(3)7-9-21/h4-5,10H,6-9H2,1-3H3. The monoisotopic (exact) mass is 280 g/mol. The van der Waals surface area contributed by atoms with E-state index < -0.39 is 0 Å². The van der Waals surface area contributed by atoms with Gasteiger partial charge in [0.2, 0.25) is 0 Å². The molecule has 1 saturated heterocycles. The van der Waals surface area contributed by atoms with Crippen molar-refractivity contribution < 1.29 is 0 Å². The predicted molar refractivity (Wildman–Crippen MR) is 85.6 cm³/mol. The maximum atomic E-state index is 9.46.